The Labute approximate surface area is 219 Å². The molecule has 0 amide bonds. The molecule has 190 valence electrons. The van der Waals surface area contributed by atoms with Gasteiger partial charge in [-0.3, -0.25) is 9.98 Å². The van der Waals surface area contributed by atoms with E-state index in [4.69, 9.17) is 9.98 Å². The maximum atomic E-state index is 4.73. The molecule has 3 heterocycles. The highest BCUT2D eigenvalue weighted by Crippen LogP contribution is 2.34. The second-order valence-corrected chi connectivity index (χ2v) is 9.80. The summed E-state index contributed by atoms with van der Waals surface area (Å²) in [4.78, 5) is 15.8. The summed E-state index contributed by atoms with van der Waals surface area (Å²) >= 11 is 0. The van der Waals surface area contributed by atoms with Crippen LogP contribution in [0, 0.1) is 0 Å². The number of rotatable bonds is 13. The summed E-state index contributed by atoms with van der Waals surface area (Å²) in [6.45, 7) is 3.31. The lowest BCUT2D eigenvalue weighted by atomic mass is 10.1. The Morgan fingerprint density at radius 2 is 1.16 bits per heavy atom. The molecule has 2 aromatic carbocycles. The second-order valence-electron chi connectivity index (χ2n) is 9.80. The first-order valence-electron chi connectivity index (χ1n) is 13.7. The van der Waals surface area contributed by atoms with Crippen molar-refractivity contribution in [2.24, 2.45) is 9.98 Å². The first-order valence-corrected chi connectivity index (χ1v) is 13.7. The number of aliphatic imine (C=N–C) groups is 2. The van der Waals surface area contributed by atoms with E-state index in [2.05, 4.69) is 57.9 Å². The van der Waals surface area contributed by atoms with Crippen molar-refractivity contribution < 1.29 is 0 Å². The smallest absolute Gasteiger partial charge is 0.0638 e. The van der Waals surface area contributed by atoms with Gasteiger partial charge in [0, 0.05) is 40.7 Å². The first kappa shape index (κ1) is 24.8. The van der Waals surface area contributed by atoms with Gasteiger partial charge in [-0.25, -0.2) is 0 Å². The van der Waals surface area contributed by atoms with Crippen molar-refractivity contribution >= 4 is 45.6 Å². The van der Waals surface area contributed by atoms with Crippen LogP contribution in [-0.4, -0.2) is 27.0 Å². The lowest BCUT2D eigenvalue weighted by Crippen LogP contribution is -1.97. The predicted molar refractivity (Wildman–Crippen MR) is 158 cm³/mol. The molecular weight excluding hydrogens is 454 g/mol. The van der Waals surface area contributed by atoms with E-state index in [-0.39, 0.29) is 0 Å². The summed E-state index contributed by atoms with van der Waals surface area (Å²) < 4.78 is 2.48. The molecule has 0 radical (unpaired) electrons. The molecular formula is C32H37N5. The molecule has 0 aliphatic heterocycles. The number of aromatic amines is 2. The average Bonchev–Trinajstić information content (AvgIpc) is 3.69. The van der Waals surface area contributed by atoms with Crippen molar-refractivity contribution in [1.82, 2.24) is 14.5 Å². The molecule has 0 saturated heterocycles. The van der Waals surface area contributed by atoms with Gasteiger partial charge in [0.05, 0.1) is 35.2 Å². The number of aryl methyl sites for hydroxylation is 1. The maximum Gasteiger partial charge on any atom is 0.0638 e. The van der Waals surface area contributed by atoms with E-state index in [0.29, 0.717) is 0 Å². The quantitative estimate of drug-likeness (QED) is 0.122. The lowest BCUT2D eigenvalue weighted by Gasteiger charge is -2.08. The molecule has 5 nitrogen and oxygen atoms in total. The van der Waals surface area contributed by atoms with Gasteiger partial charge in [0.1, 0.15) is 0 Å². The number of unbranched alkanes of at least 4 members (excludes halogenated alkanes) is 7. The van der Waals surface area contributed by atoms with Gasteiger partial charge in [-0.2, -0.15) is 0 Å². The minimum absolute atomic E-state index is 0.952. The fraction of sp³-hybridized carbons (Fsp3) is 0.312. The van der Waals surface area contributed by atoms with E-state index in [1.807, 2.05) is 49.1 Å². The molecule has 37 heavy (non-hydrogen) atoms. The summed E-state index contributed by atoms with van der Waals surface area (Å²) in [6, 6.07) is 21.1. The monoisotopic (exact) mass is 491 g/mol. The van der Waals surface area contributed by atoms with Crippen molar-refractivity contribution in [2.45, 2.75) is 64.8 Å². The molecule has 3 aromatic heterocycles. The van der Waals surface area contributed by atoms with Crippen molar-refractivity contribution in [3.63, 3.8) is 0 Å². The molecule has 0 unspecified atom stereocenters. The Bertz CT molecular complexity index is 1350. The van der Waals surface area contributed by atoms with Gasteiger partial charge in [-0.05, 0) is 67.1 Å². The lowest BCUT2D eigenvalue weighted by molar-refractivity contribution is 0.553. The van der Waals surface area contributed by atoms with Gasteiger partial charge < -0.3 is 14.5 Å². The van der Waals surface area contributed by atoms with Gasteiger partial charge >= 0.3 is 0 Å². The zero-order chi connectivity index (χ0) is 25.3. The molecule has 5 rings (SSSR count). The Morgan fingerprint density at radius 1 is 0.649 bits per heavy atom. The van der Waals surface area contributed by atoms with Crippen LogP contribution >= 0.6 is 0 Å². The standard InChI is InChI=1S/C32H37N5/c1-2-3-4-5-6-7-8-9-20-37-31-16-14-25(35-23-27-12-10-18-33-27)21-29(31)30-22-26(15-17-32(30)37)36-24-28-13-11-19-34-28/h10-19,21-24,33-34H,2-9,20H2,1H3. The summed E-state index contributed by atoms with van der Waals surface area (Å²) in [5.74, 6) is 0. The molecule has 5 heteroatoms. The third-order valence-corrected chi connectivity index (χ3v) is 7.02. The molecule has 2 N–H and O–H groups in total. The summed E-state index contributed by atoms with van der Waals surface area (Å²) in [5, 5.41) is 2.46. The summed E-state index contributed by atoms with van der Waals surface area (Å²) in [6.07, 6.45) is 18.2. The maximum absolute atomic E-state index is 4.73. The van der Waals surface area contributed by atoms with E-state index in [9.17, 15) is 0 Å². The van der Waals surface area contributed by atoms with E-state index in [0.717, 1.165) is 29.3 Å². The number of hydrogen-bond acceptors (Lipinski definition) is 2. The van der Waals surface area contributed by atoms with Gasteiger partial charge in [0.25, 0.3) is 0 Å². The zero-order valence-electron chi connectivity index (χ0n) is 21.8. The number of benzene rings is 2. The molecule has 0 spiro atoms. The second kappa shape index (κ2) is 12.4. The largest absolute Gasteiger partial charge is 0.360 e. The Hall–Kier alpha value is -3.86. The number of H-pyrrole nitrogens is 2. The van der Waals surface area contributed by atoms with Gasteiger partial charge in [-0.15, -0.1) is 0 Å². The van der Waals surface area contributed by atoms with Crippen molar-refractivity contribution in [2.75, 3.05) is 0 Å². The van der Waals surface area contributed by atoms with E-state index < -0.39 is 0 Å². The van der Waals surface area contributed by atoms with Crippen LogP contribution in [-0.2, 0) is 6.54 Å². The summed E-state index contributed by atoms with van der Waals surface area (Å²) in [7, 11) is 0. The highest BCUT2D eigenvalue weighted by Gasteiger charge is 2.12. The molecule has 0 aliphatic carbocycles. The number of nitrogens with one attached hydrogen (secondary N) is 2. The number of nitrogens with zero attached hydrogens (tertiary/aromatic N) is 3. The highest BCUT2D eigenvalue weighted by molar-refractivity contribution is 6.10. The molecule has 0 aliphatic rings. The van der Waals surface area contributed by atoms with Gasteiger partial charge in [0.15, 0.2) is 0 Å². The Kier molecular flexibility index (Phi) is 8.32. The molecule has 0 atom stereocenters. The predicted octanol–water partition coefficient (Wildman–Crippen LogP) is 9.09. The van der Waals surface area contributed by atoms with E-state index >= 15 is 0 Å². The molecule has 0 bridgehead atoms. The Balaban J connectivity index is 1.40. The fourth-order valence-electron chi connectivity index (χ4n) is 5.02. The highest BCUT2D eigenvalue weighted by atomic mass is 15.0. The van der Waals surface area contributed by atoms with Crippen LogP contribution in [0.2, 0.25) is 0 Å². The SMILES string of the molecule is CCCCCCCCCCn1c2ccc(N=Cc3ccc[nH]3)cc2c2cc(N=Cc3ccc[nH]3)ccc21. The fourth-order valence-corrected chi connectivity index (χ4v) is 5.02. The van der Waals surface area contributed by atoms with E-state index in [1.165, 1.54) is 73.2 Å². The number of aromatic nitrogens is 3. The van der Waals surface area contributed by atoms with Crippen LogP contribution in [0.5, 0.6) is 0 Å². The number of hydrogen-bond donors (Lipinski definition) is 2. The Morgan fingerprint density at radius 3 is 1.65 bits per heavy atom. The van der Waals surface area contributed by atoms with Crippen molar-refractivity contribution in [1.29, 1.82) is 0 Å². The molecule has 5 aromatic rings. The van der Waals surface area contributed by atoms with Crippen molar-refractivity contribution in [3.8, 4) is 0 Å². The zero-order valence-corrected chi connectivity index (χ0v) is 21.8. The van der Waals surface area contributed by atoms with Crippen LogP contribution in [0.1, 0.15) is 69.7 Å². The van der Waals surface area contributed by atoms with Crippen LogP contribution in [0.4, 0.5) is 11.4 Å². The third-order valence-electron chi connectivity index (χ3n) is 7.02. The minimum Gasteiger partial charge on any atom is -0.360 e. The van der Waals surface area contributed by atoms with Crippen molar-refractivity contribution in [3.05, 3.63) is 84.4 Å². The van der Waals surface area contributed by atoms with Gasteiger partial charge in [-0.1, -0.05) is 51.9 Å². The topological polar surface area (TPSA) is 61.2 Å². The van der Waals surface area contributed by atoms with Crippen LogP contribution in [0.3, 0.4) is 0 Å². The summed E-state index contributed by atoms with van der Waals surface area (Å²) in [5.41, 5.74) is 6.43. The van der Waals surface area contributed by atoms with Crippen LogP contribution in [0.25, 0.3) is 21.8 Å². The van der Waals surface area contributed by atoms with Crippen LogP contribution < -0.4 is 0 Å². The molecule has 0 saturated carbocycles. The number of fused-ring (bicyclic) bond motifs is 3. The minimum atomic E-state index is 0.952. The van der Waals surface area contributed by atoms with E-state index in [1.54, 1.807) is 0 Å². The van der Waals surface area contributed by atoms with Gasteiger partial charge in [0.2, 0.25) is 0 Å². The average molecular weight is 492 g/mol. The normalized spacial score (nSPS) is 12.1. The first-order chi connectivity index (χ1) is 18.3. The third kappa shape index (κ3) is 6.29. The molecule has 0 fully saturated rings. The van der Waals surface area contributed by atoms with Crippen LogP contribution in [0.15, 0.2) is 83.0 Å².